The molecule has 0 radical (unpaired) electrons. The molecule has 0 bridgehead atoms. The van der Waals surface area contributed by atoms with Gasteiger partial charge in [0.2, 0.25) is 0 Å². The van der Waals surface area contributed by atoms with Crippen LogP contribution in [0.25, 0.3) is 6.08 Å². The predicted molar refractivity (Wildman–Crippen MR) is 75.4 cm³/mol. The maximum atomic E-state index is 12.1. The molecule has 1 aromatic carbocycles. The minimum absolute atomic E-state index is 0.0827. The average Bonchev–Trinajstić information content (AvgIpc) is 2.38. The Morgan fingerprint density at radius 1 is 1.32 bits per heavy atom. The van der Waals surface area contributed by atoms with Crippen LogP contribution >= 0.6 is 11.6 Å². The highest BCUT2D eigenvalue weighted by molar-refractivity contribution is 6.32. The fraction of sp³-hybridized carbons (Fsp3) is 0.286. The summed E-state index contributed by atoms with van der Waals surface area (Å²) in [5.41, 5.74) is 1.07. The molecule has 0 aromatic heterocycles. The van der Waals surface area contributed by atoms with Gasteiger partial charge < -0.3 is 10.0 Å². The van der Waals surface area contributed by atoms with Gasteiger partial charge in [0, 0.05) is 29.8 Å². The summed E-state index contributed by atoms with van der Waals surface area (Å²) in [4.78, 5) is 24.2. The van der Waals surface area contributed by atoms with E-state index in [0.717, 1.165) is 6.08 Å². The van der Waals surface area contributed by atoms with Gasteiger partial charge in [-0.05, 0) is 37.6 Å². The number of rotatable bonds is 5. The van der Waals surface area contributed by atoms with Gasteiger partial charge in [-0.2, -0.15) is 0 Å². The number of amides is 1. The number of carbonyl (C=O) groups excluding carboxylic acids is 1. The molecule has 0 aliphatic rings. The fourth-order valence-corrected chi connectivity index (χ4v) is 1.89. The van der Waals surface area contributed by atoms with E-state index in [9.17, 15) is 9.59 Å². The van der Waals surface area contributed by atoms with E-state index in [2.05, 4.69) is 0 Å². The van der Waals surface area contributed by atoms with Crippen molar-refractivity contribution in [2.75, 3.05) is 13.1 Å². The van der Waals surface area contributed by atoms with Crippen LogP contribution in [0, 0.1) is 0 Å². The second-order valence-corrected chi connectivity index (χ2v) is 4.29. The summed E-state index contributed by atoms with van der Waals surface area (Å²) in [7, 11) is 0. The molecule has 1 amide bonds. The van der Waals surface area contributed by atoms with E-state index < -0.39 is 5.97 Å². The van der Waals surface area contributed by atoms with Gasteiger partial charge in [0.1, 0.15) is 0 Å². The largest absolute Gasteiger partial charge is 0.478 e. The molecule has 102 valence electrons. The Morgan fingerprint density at radius 2 is 1.95 bits per heavy atom. The summed E-state index contributed by atoms with van der Waals surface area (Å²) in [5.74, 6) is -1.12. The van der Waals surface area contributed by atoms with Crippen LogP contribution in [-0.2, 0) is 4.79 Å². The Labute approximate surface area is 117 Å². The highest BCUT2D eigenvalue weighted by Crippen LogP contribution is 2.20. The molecular weight excluding hydrogens is 266 g/mol. The molecule has 1 aromatic rings. The Morgan fingerprint density at radius 3 is 2.42 bits per heavy atom. The quantitative estimate of drug-likeness (QED) is 0.844. The third-order valence-electron chi connectivity index (χ3n) is 2.70. The monoisotopic (exact) mass is 281 g/mol. The number of hydrogen-bond donors (Lipinski definition) is 1. The van der Waals surface area contributed by atoms with Crippen LogP contribution in [0.3, 0.4) is 0 Å². The first-order valence-corrected chi connectivity index (χ1v) is 6.37. The smallest absolute Gasteiger partial charge is 0.328 e. The van der Waals surface area contributed by atoms with Gasteiger partial charge in [-0.3, -0.25) is 4.79 Å². The molecule has 0 aliphatic heterocycles. The number of carbonyl (C=O) groups is 2. The lowest BCUT2D eigenvalue weighted by Crippen LogP contribution is -2.30. The number of nitrogens with zero attached hydrogens (tertiary/aromatic N) is 1. The summed E-state index contributed by atoms with van der Waals surface area (Å²) in [6.45, 7) is 5.08. The number of carboxylic acid groups (broad SMARTS) is 1. The summed E-state index contributed by atoms with van der Waals surface area (Å²) in [6.07, 6.45) is 2.41. The van der Waals surface area contributed by atoms with Crippen molar-refractivity contribution in [1.29, 1.82) is 0 Å². The average molecular weight is 282 g/mol. The van der Waals surface area contributed by atoms with E-state index >= 15 is 0 Å². The molecule has 0 fully saturated rings. The molecule has 0 saturated heterocycles. The molecule has 0 atom stereocenters. The van der Waals surface area contributed by atoms with Crippen LogP contribution in [0.4, 0.5) is 0 Å². The van der Waals surface area contributed by atoms with Crippen LogP contribution in [0.1, 0.15) is 29.8 Å². The standard InChI is InChI=1S/C14H16ClNO3/c1-3-16(4-2)14(19)11-6-5-10(12(15)9-11)7-8-13(17)18/h5-9H,3-4H2,1-2H3,(H,17,18)/b8-7+. The Bertz CT molecular complexity index is 507. The van der Waals surface area contributed by atoms with Crippen molar-refractivity contribution in [3.63, 3.8) is 0 Å². The summed E-state index contributed by atoms with van der Waals surface area (Å²) >= 11 is 6.03. The van der Waals surface area contributed by atoms with Gasteiger partial charge in [0.05, 0.1) is 0 Å². The van der Waals surface area contributed by atoms with Gasteiger partial charge in [-0.15, -0.1) is 0 Å². The third-order valence-corrected chi connectivity index (χ3v) is 3.03. The van der Waals surface area contributed by atoms with E-state index in [4.69, 9.17) is 16.7 Å². The topological polar surface area (TPSA) is 57.6 Å². The van der Waals surface area contributed by atoms with Gasteiger partial charge in [0.25, 0.3) is 5.91 Å². The zero-order valence-corrected chi connectivity index (χ0v) is 11.6. The minimum Gasteiger partial charge on any atom is -0.478 e. The van der Waals surface area contributed by atoms with E-state index in [-0.39, 0.29) is 5.91 Å². The summed E-state index contributed by atoms with van der Waals surface area (Å²) in [6, 6.07) is 4.84. The maximum absolute atomic E-state index is 12.1. The van der Waals surface area contributed by atoms with Crippen LogP contribution in [0.5, 0.6) is 0 Å². The minimum atomic E-state index is -1.04. The van der Waals surface area contributed by atoms with Crippen molar-refractivity contribution < 1.29 is 14.7 Å². The third kappa shape index (κ3) is 4.10. The second-order valence-electron chi connectivity index (χ2n) is 3.89. The summed E-state index contributed by atoms with van der Waals surface area (Å²) < 4.78 is 0. The molecule has 0 heterocycles. The Hall–Kier alpha value is -1.81. The first-order chi connectivity index (χ1) is 8.99. The lowest BCUT2D eigenvalue weighted by molar-refractivity contribution is -0.131. The number of carboxylic acids is 1. The maximum Gasteiger partial charge on any atom is 0.328 e. The first kappa shape index (κ1) is 15.2. The van der Waals surface area contributed by atoms with Crippen molar-refractivity contribution in [3.8, 4) is 0 Å². The normalized spacial score (nSPS) is 10.7. The van der Waals surface area contributed by atoms with E-state index in [1.54, 1.807) is 23.1 Å². The van der Waals surface area contributed by atoms with Crippen molar-refractivity contribution in [3.05, 3.63) is 40.4 Å². The molecular formula is C14H16ClNO3. The number of aliphatic carboxylic acids is 1. The van der Waals surface area contributed by atoms with Crippen LogP contribution in [0.2, 0.25) is 5.02 Å². The van der Waals surface area contributed by atoms with Crippen molar-refractivity contribution in [2.24, 2.45) is 0 Å². The highest BCUT2D eigenvalue weighted by atomic mass is 35.5. The zero-order valence-electron chi connectivity index (χ0n) is 10.9. The van der Waals surface area contributed by atoms with E-state index in [1.807, 2.05) is 13.8 Å². The fourth-order valence-electron chi connectivity index (χ4n) is 1.65. The second kappa shape index (κ2) is 6.95. The number of hydrogen-bond acceptors (Lipinski definition) is 2. The lowest BCUT2D eigenvalue weighted by Gasteiger charge is -2.18. The van der Waals surface area contributed by atoms with Crippen LogP contribution in [0.15, 0.2) is 24.3 Å². The van der Waals surface area contributed by atoms with Crippen molar-refractivity contribution >= 4 is 29.6 Å². The molecule has 19 heavy (non-hydrogen) atoms. The number of benzene rings is 1. The Balaban J connectivity index is 2.99. The van der Waals surface area contributed by atoms with E-state index in [0.29, 0.717) is 29.2 Å². The van der Waals surface area contributed by atoms with Gasteiger partial charge in [-0.1, -0.05) is 17.7 Å². The molecule has 5 heteroatoms. The number of halogens is 1. The Kier molecular flexibility index (Phi) is 5.57. The van der Waals surface area contributed by atoms with Crippen LogP contribution in [-0.4, -0.2) is 35.0 Å². The summed E-state index contributed by atoms with van der Waals surface area (Å²) in [5, 5.41) is 8.91. The highest BCUT2D eigenvalue weighted by Gasteiger charge is 2.13. The van der Waals surface area contributed by atoms with Crippen molar-refractivity contribution in [1.82, 2.24) is 4.90 Å². The van der Waals surface area contributed by atoms with Gasteiger partial charge in [0.15, 0.2) is 0 Å². The molecule has 4 nitrogen and oxygen atoms in total. The van der Waals surface area contributed by atoms with Gasteiger partial charge >= 0.3 is 5.97 Å². The molecule has 0 saturated carbocycles. The SMILES string of the molecule is CCN(CC)C(=O)c1ccc(/C=C/C(=O)O)c(Cl)c1. The zero-order chi connectivity index (χ0) is 14.4. The molecule has 0 spiro atoms. The molecule has 1 N–H and O–H groups in total. The first-order valence-electron chi connectivity index (χ1n) is 5.99. The predicted octanol–water partition coefficient (Wildman–Crippen LogP) is 2.92. The van der Waals surface area contributed by atoms with Crippen molar-refractivity contribution in [2.45, 2.75) is 13.8 Å². The van der Waals surface area contributed by atoms with Crippen LogP contribution < -0.4 is 0 Å². The molecule has 0 unspecified atom stereocenters. The molecule has 1 rings (SSSR count). The van der Waals surface area contributed by atoms with Gasteiger partial charge in [-0.25, -0.2) is 4.79 Å². The van der Waals surface area contributed by atoms with E-state index in [1.165, 1.54) is 6.08 Å². The molecule has 0 aliphatic carbocycles. The lowest BCUT2D eigenvalue weighted by atomic mass is 10.1.